The van der Waals surface area contributed by atoms with Crippen LogP contribution in [0.2, 0.25) is 0 Å². The van der Waals surface area contributed by atoms with Crippen molar-refractivity contribution in [3.8, 4) is 5.75 Å². The molecule has 3 aromatic rings. The molecule has 2 heterocycles. The Bertz CT molecular complexity index is 1210. The van der Waals surface area contributed by atoms with Crippen molar-refractivity contribution in [1.29, 1.82) is 0 Å². The number of benzene rings is 2. The molecule has 0 aliphatic carbocycles. The molecule has 7 nitrogen and oxygen atoms in total. The lowest BCUT2D eigenvalue weighted by Gasteiger charge is -2.55. The maximum absolute atomic E-state index is 12.6. The second-order valence-corrected chi connectivity index (χ2v) is 12.1. The van der Waals surface area contributed by atoms with Crippen molar-refractivity contribution in [2.24, 2.45) is 0 Å². The van der Waals surface area contributed by atoms with E-state index in [2.05, 4.69) is 23.7 Å². The summed E-state index contributed by atoms with van der Waals surface area (Å²) in [5.74, 6) is 0.362. The summed E-state index contributed by atoms with van der Waals surface area (Å²) in [7, 11) is -3.25. The number of para-hydroxylation sites is 1. The Balaban J connectivity index is 1.61. The average Bonchev–Trinajstić information content (AvgIpc) is 2.84. The zero-order chi connectivity index (χ0) is 25.9. The van der Waals surface area contributed by atoms with Crippen LogP contribution in [0.25, 0.3) is 10.9 Å². The lowest BCUT2D eigenvalue weighted by molar-refractivity contribution is -0.156. The molecule has 4 rings (SSSR count). The van der Waals surface area contributed by atoms with Crippen molar-refractivity contribution in [3.05, 3.63) is 71.4 Å². The van der Waals surface area contributed by atoms with Gasteiger partial charge < -0.3 is 9.47 Å². The predicted octanol–water partition coefficient (Wildman–Crippen LogP) is 6.09. The Kier molecular flexibility index (Phi) is 7.90. The van der Waals surface area contributed by atoms with E-state index in [9.17, 15) is 13.9 Å². The Morgan fingerprint density at radius 3 is 2.58 bits per heavy atom. The van der Waals surface area contributed by atoms with Crippen LogP contribution >= 0.6 is 10.6 Å². The highest BCUT2D eigenvalue weighted by Gasteiger charge is 2.52. The lowest BCUT2D eigenvalue weighted by Crippen LogP contribution is -2.55. The van der Waals surface area contributed by atoms with Gasteiger partial charge >= 0.3 is 5.97 Å². The molecule has 8 heteroatoms. The summed E-state index contributed by atoms with van der Waals surface area (Å²) in [5, 5.41) is 1.05. The molecule has 1 aromatic heterocycles. The van der Waals surface area contributed by atoms with Crippen molar-refractivity contribution in [2.75, 3.05) is 18.8 Å². The van der Waals surface area contributed by atoms with Crippen molar-refractivity contribution >= 4 is 27.5 Å². The number of hydrogen-bond acceptors (Lipinski definition) is 7. The molecule has 1 fully saturated rings. The third-order valence-electron chi connectivity index (χ3n) is 6.68. The molecule has 1 aliphatic rings. The number of esters is 1. The zero-order valence-corrected chi connectivity index (χ0v) is 22.3. The zero-order valence-electron chi connectivity index (χ0n) is 21.4. The van der Waals surface area contributed by atoms with Gasteiger partial charge in [-0.1, -0.05) is 25.1 Å². The van der Waals surface area contributed by atoms with Crippen molar-refractivity contribution in [3.63, 3.8) is 0 Å². The van der Waals surface area contributed by atoms with Gasteiger partial charge in [-0.05, 0) is 63.6 Å². The van der Waals surface area contributed by atoms with Gasteiger partial charge in [0.1, 0.15) is 12.4 Å². The first-order valence-electron chi connectivity index (χ1n) is 12.4. The van der Waals surface area contributed by atoms with Crippen LogP contribution in [-0.2, 0) is 21.1 Å². The first-order valence-corrected chi connectivity index (χ1v) is 14.2. The molecule has 0 spiro atoms. The summed E-state index contributed by atoms with van der Waals surface area (Å²) in [6.45, 7) is 9.10. The molecule has 1 aliphatic heterocycles. The van der Waals surface area contributed by atoms with Gasteiger partial charge in [-0.3, -0.25) is 23.8 Å². The van der Waals surface area contributed by atoms with Gasteiger partial charge in [-0.2, -0.15) is 10.6 Å². The molecule has 194 valence electrons. The molecule has 1 saturated heterocycles. The van der Waals surface area contributed by atoms with Gasteiger partial charge in [0, 0.05) is 41.2 Å². The smallest absolute Gasteiger partial charge is 0.308 e. The van der Waals surface area contributed by atoms with E-state index in [1.54, 1.807) is 24.3 Å². The fraction of sp³-hybridized carbons (Fsp3) is 0.429. The number of rotatable bonds is 8. The molecular formula is C28H36N2O5S. The maximum Gasteiger partial charge on any atom is 0.308 e. The second kappa shape index (κ2) is 10.8. The van der Waals surface area contributed by atoms with Crippen molar-refractivity contribution < 1.29 is 23.4 Å². The summed E-state index contributed by atoms with van der Waals surface area (Å²) in [6.07, 6.45) is 0.845. The third kappa shape index (κ3) is 5.37. The number of carbonyl (C=O) groups excluding carboxylic acids is 1. The number of nitrogens with zero attached hydrogens (tertiary/aromatic N) is 2. The normalized spacial score (nSPS) is 20.9. The largest absolute Gasteiger partial charge is 0.489 e. The quantitative estimate of drug-likeness (QED) is 0.353. The first-order chi connectivity index (χ1) is 17.1. The molecule has 2 aromatic carbocycles. The summed E-state index contributed by atoms with van der Waals surface area (Å²) in [6, 6.07) is 17.3. The van der Waals surface area contributed by atoms with Crippen molar-refractivity contribution in [1.82, 2.24) is 9.88 Å². The number of fused-ring (bicyclic) bond motifs is 1. The lowest BCUT2D eigenvalue weighted by atomic mass is 10.1. The second-order valence-electron chi connectivity index (χ2n) is 9.67. The molecule has 1 unspecified atom stereocenters. The molecule has 36 heavy (non-hydrogen) atoms. The van der Waals surface area contributed by atoms with E-state index < -0.39 is 21.5 Å². The fourth-order valence-electron chi connectivity index (χ4n) is 4.66. The maximum atomic E-state index is 12.6. The van der Waals surface area contributed by atoms with Gasteiger partial charge in [0.15, 0.2) is 0 Å². The van der Waals surface area contributed by atoms with Gasteiger partial charge in [0.05, 0.1) is 17.8 Å². The Morgan fingerprint density at radius 2 is 1.89 bits per heavy atom. The molecule has 0 amide bonds. The minimum absolute atomic E-state index is 0.150. The first kappa shape index (κ1) is 26.4. The number of aromatic nitrogens is 1. The third-order valence-corrected chi connectivity index (χ3v) is 8.94. The van der Waals surface area contributed by atoms with E-state index >= 15 is 0 Å². The Labute approximate surface area is 214 Å². The van der Waals surface area contributed by atoms with E-state index in [0.717, 1.165) is 22.2 Å². The molecule has 1 atom stereocenters. The van der Waals surface area contributed by atoms with Crippen LogP contribution in [-0.4, -0.2) is 49.8 Å². The van der Waals surface area contributed by atoms with Gasteiger partial charge in [0.25, 0.3) is 0 Å². The van der Waals surface area contributed by atoms with E-state index in [1.807, 2.05) is 44.2 Å². The van der Waals surface area contributed by atoms with E-state index in [-0.39, 0.29) is 24.8 Å². The monoisotopic (exact) mass is 512 g/mol. The topological polar surface area (TPSA) is 92.1 Å². The summed E-state index contributed by atoms with van der Waals surface area (Å²) in [4.78, 5) is 17.8. The van der Waals surface area contributed by atoms with Crippen LogP contribution in [0.1, 0.15) is 50.4 Å². The Hall–Kier alpha value is -2.65. The fourth-order valence-corrected chi connectivity index (χ4v) is 6.59. The molecule has 2 N–H and O–H groups in total. The molecule has 0 radical (unpaired) electrons. The average molecular weight is 513 g/mol. The highest BCUT2D eigenvalue weighted by atomic mass is 32.3. The number of hydrogen-bond donors (Lipinski definition) is 2. The summed E-state index contributed by atoms with van der Waals surface area (Å²) in [5.41, 5.74) is 3.46. The summed E-state index contributed by atoms with van der Waals surface area (Å²) >= 11 is 0. The van der Waals surface area contributed by atoms with Gasteiger partial charge in [0.2, 0.25) is 4.93 Å². The number of aryl methyl sites for hydroxylation is 1. The van der Waals surface area contributed by atoms with Crippen LogP contribution in [0.4, 0.5) is 0 Å². The number of carbonyl (C=O) groups is 1. The van der Waals surface area contributed by atoms with Crippen LogP contribution in [0.15, 0.2) is 54.6 Å². The van der Waals surface area contributed by atoms with Crippen LogP contribution in [0.5, 0.6) is 5.75 Å². The molecular weight excluding hydrogens is 476 g/mol. The van der Waals surface area contributed by atoms with Crippen LogP contribution < -0.4 is 4.74 Å². The summed E-state index contributed by atoms with van der Waals surface area (Å²) < 4.78 is 34.4. The van der Waals surface area contributed by atoms with Gasteiger partial charge in [-0.15, -0.1) is 0 Å². The molecule has 0 bridgehead atoms. The number of pyridine rings is 1. The van der Waals surface area contributed by atoms with Crippen molar-refractivity contribution in [2.45, 2.75) is 58.1 Å². The standard InChI is InChI=1S/C28H36N2O5S/c1-5-8-27(31)35-28(19-30(20(2)3)15-16-36(28,32)33)23-11-13-24(14-12-23)34-18-22-17-21(4)29-26-10-7-6-9-25(22)26/h6-7,9-14,17,20,32-33H,5,8,15-16,18-19H2,1-4H3. The van der Waals surface area contributed by atoms with E-state index in [1.165, 1.54) is 0 Å². The van der Waals surface area contributed by atoms with E-state index in [4.69, 9.17) is 9.47 Å². The highest BCUT2D eigenvalue weighted by molar-refractivity contribution is 8.25. The Morgan fingerprint density at radius 1 is 1.17 bits per heavy atom. The molecule has 0 saturated carbocycles. The van der Waals surface area contributed by atoms with E-state index in [0.29, 0.717) is 30.9 Å². The van der Waals surface area contributed by atoms with Gasteiger partial charge in [-0.25, -0.2) is 0 Å². The SMILES string of the molecule is CCCC(=O)OC1(c2ccc(OCc3cc(C)nc4ccccc34)cc2)CN(C(C)C)CCS1(O)O. The number of ether oxygens (including phenoxy) is 2. The van der Waals surface area contributed by atoms with Crippen LogP contribution in [0.3, 0.4) is 0 Å². The minimum atomic E-state index is -3.25. The minimum Gasteiger partial charge on any atom is -0.489 e. The highest BCUT2D eigenvalue weighted by Crippen LogP contribution is 2.61. The predicted molar refractivity (Wildman–Crippen MR) is 144 cm³/mol. The van der Waals surface area contributed by atoms with Crippen LogP contribution in [0, 0.1) is 6.92 Å².